The maximum atomic E-state index is 14.3. The molecule has 0 aliphatic rings. The van der Waals surface area contributed by atoms with Gasteiger partial charge in [0.15, 0.2) is 5.13 Å². The summed E-state index contributed by atoms with van der Waals surface area (Å²) < 4.78 is 20.8. The fourth-order valence-corrected chi connectivity index (χ4v) is 5.72. The van der Waals surface area contributed by atoms with Crippen LogP contribution in [-0.4, -0.2) is 39.1 Å². The first-order chi connectivity index (χ1) is 18.4. The molecule has 1 unspecified atom stereocenters. The molecule has 12 heteroatoms. The Morgan fingerprint density at radius 1 is 1.05 bits per heavy atom. The molecule has 0 fully saturated rings. The van der Waals surface area contributed by atoms with Crippen molar-refractivity contribution in [3.8, 4) is 16.8 Å². The monoisotopic (exact) mass is 524 g/mol. The number of halogens is 1. The number of hydrogen-bond donors (Lipinski definition) is 2. The highest BCUT2D eigenvalue weighted by Gasteiger charge is 2.24. The number of rotatable bonds is 4. The van der Waals surface area contributed by atoms with Crippen LogP contribution in [0.15, 0.2) is 61.3 Å². The molecule has 5 heterocycles. The fourth-order valence-electron chi connectivity index (χ4n) is 5.00. The lowest BCUT2D eigenvalue weighted by Crippen LogP contribution is -2.08. The van der Waals surface area contributed by atoms with Gasteiger partial charge in [0.2, 0.25) is 0 Å². The molecule has 0 spiro atoms. The summed E-state index contributed by atoms with van der Waals surface area (Å²) in [5.74, 6) is 0.0377. The normalized spacial score (nSPS) is 12.7. The van der Waals surface area contributed by atoms with Gasteiger partial charge in [-0.25, -0.2) is 24.0 Å². The summed E-state index contributed by atoms with van der Waals surface area (Å²) in [5.41, 5.74) is 17.7. The van der Waals surface area contributed by atoms with Crippen molar-refractivity contribution < 1.29 is 4.39 Å². The van der Waals surface area contributed by atoms with E-state index in [0.717, 1.165) is 43.5 Å². The van der Waals surface area contributed by atoms with Crippen LogP contribution in [-0.2, 0) is 7.05 Å². The quantitative estimate of drug-likeness (QED) is 0.341. The van der Waals surface area contributed by atoms with Crippen molar-refractivity contribution >= 4 is 54.4 Å². The molecule has 1 atom stereocenters. The van der Waals surface area contributed by atoms with E-state index in [1.165, 1.54) is 29.8 Å². The number of nitrogens with zero attached hydrogens (tertiary/aromatic N) is 8. The molecule has 0 aliphatic carbocycles. The van der Waals surface area contributed by atoms with Crippen LogP contribution in [0.5, 0.6) is 0 Å². The van der Waals surface area contributed by atoms with Crippen LogP contribution in [0.3, 0.4) is 0 Å². The summed E-state index contributed by atoms with van der Waals surface area (Å²) in [7, 11) is 1.83. The van der Waals surface area contributed by atoms with Crippen LogP contribution in [0, 0.1) is 5.82 Å². The van der Waals surface area contributed by atoms with E-state index >= 15 is 0 Å². The van der Waals surface area contributed by atoms with Gasteiger partial charge < -0.3 is 16.0 Å². The van der Waals surface area contributed by atoms with Gasteiger partial charge in [-0.05, 0) is 36.8 Å². The number of benzene rings is 2. The van der Waals surface area contributed by atoms with Gasteiger partial charge >= 0.3 is 0 Å². The standard InChI is InChI=1S/C26H21FN10S/c1-13(23-17-5-4-15(27)8-20(17)37(34-23)16-9-32-35(2)10-16)36-11-18(22-24(28)30-12-31-25(22)36)14-3-6-21-19(7-14)33-26(29)38-21/h3-13H,1-2H3,(H2,29,33)(H2,28,30,31). The molecule has 0 saturated carbocycles. The molecule has 5 aromatic heterocycles. The molecule has 188 valence electrons. The van der Waals surface area contributed by atoms with Crippen LogP contribution in [0.25, 0.3) is 49.0 Å². The van der Waals surface area contributed by atoms with E-state index in [2.05, 4.69) is 20.1 Å². The lowest BCUT2D eigenvalue weighted by molar-refractivity contribution is 0.628. The van der Waals surface area contributed by atoms with E-state index < -0.39 is 0 Å². The Labute approximate surface area is 219 Å². The van der Waals surface area contributed by atoms with Crippen molar-refractivity contribution in [2.24, 2.45) is 7.05 Å². The van der Waals surface area contributed by atoms with Gasteiger partial charge in [0.1, 0.15) is 29.3 Å². The average Bonchev–Trinajstić information content (AvgIpc) is 3.66. The van der Waals surface area contributed by atoms with E-state index in [-0.39, 0.29) is 11.9 Å². The van der Waals surface area contributed by atoms with Crippen LogP contribution < -0.4 is 11.5 Å². The van der Waals surface area contributed by atoms with Crippen LogP contribution in [0.1, 0.15) is 18.7 Å². The third-order valence-electron chi connectivity index (χ3n) is 6.77. The van der Waals surface area contributed by atoms with Crippen molar-refractivity contribution in [2.45, 2.75) is 13.0 Å². The highest BCUT2D eigenvalue weighted by molar-refractivity contribution is 7.22. The lowest BCUT2D eigenvalue weighted by atomic mass is 10.1. The van der Waals surface area contributed by atoms with Gasteiger partial charge in [0, 0.05) is 30.3 Å². The minimum Gasteiger partial charge on any atom is -0.383 e. The molecular formula is C26H21FN10S. The maximum Gasteiger partial charge on any atom is 0.181 e. The molecule has 0 radical (unpaired) electrons. The first-order valence-corrected chi connectivity index (χ1v) is 12.6. The second-order valence-corrected chi connectivity index (χ2v) is 10.2. The second-order valence-electron chi connectivity index (χ2n) is 9.15. The molecule has 10 nitrogen and oxygen atoms in total. The van der Waals surface area contributed by atoms with Gasteiger partial charge in [-0.1, -0.05) is 17.4 Å². The zero-order valence-electron chi connectivity index (χ0n) is 20.4. The molecule has 38 heavy (non-hydrogen) atoms. The Morgan fingerprint density at radius 3 is 2.74 bits per heavy atom. The highest BCUT2D eigenvalue weighted by atomic mass is 32.1. The summed E-state index contributed by atoms with van der Waals surface area (Å²) in [6.07, 6.45) is 7.00. The van der Waals surface area contributed by atoms with Crippen LogP contribution in [0.2, 0.25) is 0 Å². The van der Waals surface area contributed by atoms with Crippen LogP contribution >= 0.6 is 11.3 Å². The van der Waals surface area contributed by atoms with Crippen molar-refractivity contribution in [1.82, 2.24) is 39.1 Å². The number of aryl methyl sites for hydroxylation is 1. The van der Waals surface area contributed by atoms with E-state index in [4.69, 9.17) is 16.6 Å². The topological polar surface area (TPSA) is 131 Å². The van der Waals surface area contributed by atoms with Gasteiger partial charge in [0.05, 0.1) is 45.2 Å². The minimum atomic E-state index is -0.339. The summed E-state index contributed by atoms with van der Waals surface area (Å²) in [6, 6.07) is 10.4. The molecule has 0 saturated heterocycles. The van der Waals surface area contributed by atoms with Gasteiger partial charge in [-0.15, -0.1) is 0 Å². The maximum absolute atomic E-state index is 14.3. The van der Waals surface area contributed by atoms with E-state index in [0.29, 0.717) is 22.1 Å². The largest absolute Gasteiger partial charge is 0.383 e. The lowest BCUT2D eigenvalue weighted by Gasteiger charge is -2.13. The minimum absolute atomic E-state index is 0.273. The summed E-state index contributed by atoms with van der Waals surface area (Å²) in [6.45, 7) is 2.03. The predicted molar refractivity (Wildman–Crippen MR) is 147 cm³/mol. The Balaban J connectivity index is 1.44. The van der Waals surface area contributed by atoms with Crippen molar-refractivity contribution in [1.29, 1.82) is 0 Å². The highest BCUT2D eigenvalue weighted by Crippen LogP contribution is 2.38. The van der Waals surface area contributed by atoms with Gasteiger partial charge in [0.25, 0.3) is 0 Å². The summed E-state index contributed by atoms with van der Waals surface area (Å²) in [5, 5.41) is 11.3. The molecular weight excluding hydrogens is 503 g/mol. The fraction of sp³-hybridized carbons (Fsp3) is 0.115. The van der Waals surface area contributed by atoms with Crippen LogP contribution in [0.4, 0.5) is 15.3 Å². The first-order valence-electron chi connectivity index (χ1n) is 11.8. The second kappa shape index (κ2) is 8.08. The zero-order valence-corrected chi connectivity index (χ0v) is 21.2. The molecule has 7 rings (SSSR count). The third-order valence-corrected chi connectivity index (χ3v) is 7.64. The van der Waals surface area contributed by atoms with Crippen molar-refractivity contribution in [3.63, 3.8) is 0 Å². The molecule has 0 aliphatic heterocycles. The van der Waals surface area contributed by atoms with Gasteiger partial charge in [-0.3, -0.25) is 4.68 Å². The first kappa shape index (κ1) is 22.4. The summed E-state index contributed by atoms with van der Waals surface area (Å²) >= 11 is 1.44. The molecule has 2 aromatic carbocycles. The Hall–Kier alpha value is -4.84. The molecule has 7 aromatic rings. The smallest absolute Gasteiger partial charge is 0.181 e. The van der Waals surface area contributed by atoms with E-state index in [1.54, 1.807) is 21.6 Å². The molecule has 4 N–H and O–H groups in total. The number of fused-ring (bicyclic) bond motifs is 3. The van der Waals surface area contributed by atoms with Crippen molar-refractivity contribution in [3.05, 3.63) is 72.8 Å². The third kappa shape index (κ3) is 3.34. The Bertz CT molecular complexity index is 2010. The zero-order chi connectivity index (χ0) is 26.1. The van der Waals surface area contributed by atoms with E-state index in [1.807, 2.05) is 49.1 Å². The summed E-state index contributed by atoms with van der Waals surface area (Å²) in [4.78, 5) is 13.3. The Morgan fingerprint density at radius 2 is 1.92 bits per heavy atom. The predicted octanol–water partition coefficient (Wildman–Crippen LogP) is 4.69. The van der Waals surface area contributed by atoms with Gasteiger partial charge in [-0.2, -0.15) is 10.2 Å². The molecule has 0 bridgehead atoms. The SMILES string of the molecule is CC(c1nn(-c2cnn(C)c2)c2cc(F)ccc12)n1cc(-c2ccc3sc(N)nc3c2)c2c(N)ncnc21. The number of aromatic nitrogens is 8. The Kier molecular flexibility index (Phi) is 4.76. The van der Waals surface area contributed by atoms with E-state index in [9.17, 15) is 4.39 Å². The number of nitrogens with two attached hydrogens (primary N) is 2. The number of thiazole rings is 1. The average molecular weight is 525 g/mol. The van der Waals surface area contributed by atoms with Crippen molar-refractivity contribution in [2.75, 3.05) is 11.5 Å². The molecule has 0 amide bonds. The number of anilines is 2. The number of nitrogen functional groups attached to an aromatic ring is 2. The number of hydrogen-bond acceptors (Lipinski definition) is 8.